The van der Waals surface area contributed by atoms with Crippen molar-refractivity contribution >= 4 is 6.29 Å². The van der Waals surface area contributed by atoms with Crippen molar-refractivity contribution in [1.82, 2.24) is 0 Å². The summed E-state index contributed by atoms with van der Waals surface area (Å²) >= 11 is 0. The lowest BCUT2D eigenvalue weighted by atomic mass is 10.0. The zero-order valence-corrected chi connectivity index (χ0v) is 14.3. The Kier molecular flexibility index (Phi) is 9.36. The second-order valence-electron chi connectivity index (χ2n) is 5.70. The van der Waals surface area contributed by atoms with Crippen molar-refractivity contribution in [3.63, 3.8) is 0 Å². The average molecular weight is 306 g/mol. The molecule has 3 heteroatoms. The number of carbonyl (C=O) groups excluding carboxylic acids is 1. The molecule has 0 fully saturated rings. The molecule has 0 unspecified atom stereocenters. The van der Waals surface area contributed by atoms with E-state index in [1.807, 2.05) is 6.07 Å². The maximum atomic E-state index is 11.0. The first-order valence-corrected chi connectivity index (χ1v) is 8.55. The summed E-state index contributed by atoms with van der Waals surface area (Å²) in [4.78, 5) is 11.0. The molecule has 0 aliphatic carbocycles. The Balaban J connectivity index is 2.61. The van der Waals surface area contributed by atoms with Gasteiger partial charge in [-0.2, -0.15) is 0 Å². The lowest BCUT2D eigenvalue weighted by Gasteiger charge is -2.15. The van der Waals surface area contributed by atoms with Gasteiger partial charge in [-0.3, -0.25) is 4.79 Å². The zero-order valence-electron chi connectivity index (χ0n) is 14.3. The van der Waals surface area contributed by atoms with E-state index in [-0.39, 0.29) is 0 Å². The molecule has 0 spiro atoms. The van der Waals surface area contributed by atoms with Gasteiger partial charge in [-0.15, -0.1) is 0 Å². The van der Waals surface area contributed by atoms with E-state index in [1.165, 1.54) is 32.1 Å². The maximum Gasteiger partial charge on any atom is 0.164 e. The van der Waals surface area contributed by atoms with Gasteiger partial charge in [0.05, 0.1) is 13.7 Å². The van der Waals surface area contributed by atoms with Crippen molar-refractivity contribution in [2.75, 3.05) is 13.7 Å². The molecule has 0 aliphatic heterocycles. The van der Waals surface area contributed by atoms with Crippen molar-refractivity contribution < 1.29 is 14.3 Å². The number of hydrogen-bond donors (Lipinski definition) is 0. The molecule has 0 N–H and O–H groups in total. The number of unbranched alkanes of at least 4 members (excludes halogenated alkanes) is 5. The summed E-state index contributed by atoms with van der Waals surface area (Å²) in [5.41, 5.74) is 1.71. The summed E-state index contributed by atoms with van der Waals surface area (Å²) in [5.74, 6) is 1.47. The monoisotopic (exact) mass is 306 g/mol. The van der Waals surface area contributed by atoms with E-state index < -0.39 is 0 Å². The molecule has 0 saturated carbocycles. The predicted molar refractivity (Wildman–Crippen MR) is 91.2 cm³/mol. The largest absolute Gasteiger partial charge is 0.493 e. The maximum absolute atomic E-state index is 11.0. The van der Waals surface area contributed by atoms with E-state index in [4.69, 9.17) is 9.47 Å². The van der Waals surface area contributed by atoms with Crippen molar-refractivity contribution in [3.05, 3.63) is 23.3 Å². The minimum atomic E-state index is 0.646. The number of methoxy groups -OCH3 is 1. The molecule has 22 heavy (non-hydrogen) atoms. The standard InChI is InChI=1S/C19H30O3/c1-4-6-7-8-9-10-12-22-19-17(11-5-2)13-16(15-20)14-18(19)21-3/h13-15H,4-12H2,1-3H3. The van der Waals surface area contributed by atoms with Crippen LogP contribution in [0.5, 0.6) is 11.5 Å². The second kappa shape index (κ2) is 11.1. The minimum absolute atomic E-state index is 0.646. The van der Waals surface area contributed by atoms with E-state index >= 15 is 0 Å². The van der Waals surface area contributed by atoms with Gasteiger partial charge in [-0.1, -0.05) is 52.4 Å². The van der Waals surface area contributed by atoms with Crippen LogP contribution in [0, 0.1) is 0 Å². The Morgan fingerprint density at radius 3 is 2.36 bits per heavy atom. The smallest absolute Gasteiger partial charge is 0.164 e. The number of benzene rings is 1. The highest BCUT2D eigenvalue weighted by Crippen LogP contribution is 2.33. The normalized spacial score (nSPS) is 10.5. The number of aryl methyl sites for hydroxylation is 1. The molecule has 0 aromatic heterocycles. The SMILES string of the molecule is CCCCCCCCOc1c(CCC)cc(C=O)cc1OC. The highest BCUT2D eigenvalue weighted by atomic mass is 16.5. The molecular formula is C19H30O3. The minimum Gasteiger partial charge on any atom is -0.493 e. The molecule has 1 rings (SSSR count). The average Bonchev–Trinajstić information content (AvgIpc) is 2.54. The van der Waals surface area contributed by atoms with Crippen LogP contribution >= 0.6 is 0 Å². The van der Waals surface area contributed by atoms with Crippen LogP contribution in [-0.2, 0) is 6.42 Å². The number of aldehydes is 1. The first-order chi connectivity index (χ1) is 10.8. The van der Waals surface area contributed by atoms with Gasteiger partial charge in [0, 0.05) is 5.56 Å². The van der Waals surface area contributed by atoms with E-state index in [1.54, 1.807) is 13.2 Å². The third-order valence-corrected chi connectivity index (χ3v) is 3.77. The predicted octanol–water partition coefficient (Wildman–Crippen LogP) is 5.20. The summed E-state index contributed by atoms with van der Waals surface area (Å²) in [6.07, 6.45) is 10.2. The van der Waals surface area contributed by atoms with Gasteiger partial charge >= 0.3 is 0 Å². The fourth-order valence-electron chi connectivity index (χ4n) is 2.58. The van der Waals surface area contributed by atoms with Crippen molar-refractivity contribution in [2.24, 2.45) is 0 Å². The van der Waals surface area contributed by atoms with Crippen LogP contribution in [0.1, 0.15) is 74.7 Å². The Hall–Kier alpha value is -1.51. The van der Waals surface area contributed by atoms with Crippen molar-refractivity contribution in [3.8, 4) is 11.5 Å². The molecule has 0 aliphatic rings. The lowest BCUT2D eigenvalue weighted by Crippen LogP contribution is -2.04. The van der Waals surface area contributed by atoms with Crippen LogP contribution in [0.25, 0.3) is 0 Å². The number of rotatable bonds is 12. The fourth-order valence-corrected chi connectivity index (χ4v) is 2.58. The van der Waals surface area contributed by atoms with Crippen LogP contribution in [0.3, 0.4) is 0 Å². The number of carbonyl (C=O) groups is 1. The van der Waals surface area contributed by atoms with Crippen LogP contribution in [0.15, 0.2) is 12.1 Å². The first kappa shape index (κ1) is 18.5. The van der Waals surface area contributed by atoms with Crippen LogP contribution in [0.2, 0.25) is 0 Å². The Labute approximate surface area is 135 Å². The molecule has 0 amide bonds. The molecule has 0 saturated heterocycles. The number of hydrogen-bond acceptors (Lipinski definition) is 3. The molecule has 0 radical (unpaired) electrons. The van der Waals surface area contributed by atoms with Crippen LogP contribution < -0.4 is 9.47 Å². The first-order valence-electron chi connectivity index (χ1n) is 8.55. The number of ether oxygens (including phenoxy) is 2. The van der Waals surface area contributed by atoms with Crippen molar-refractivity contribution in [1.29, 1.82) is 0 Å². The van der Waals surface area contributed by atoms with Crippen LogP contribution in [0.4, 0.5) is 0 Å². The van der Waals surface area contributed by atoms with Crippen molar-refractivity contribution in [2.45, 2.75) is 65.2 Å². The topological polar surface area (TPSA) is 35.5 Å². The highest BCUT2D eigenvalue weighted by Gasteiger charge is 2.12. The van der Waals surface area contributed by atoms with Gasteiger partial charge in [0.2, 0.25) is 0 Å². The summed E-state index contributed by atoms with van der Waals surface area (Å²) < 4.78 is 11.4. The molecule has 124 valence electrons. The Morgan fingerprint density at radius 2 is 1.73 bits per heavy atom. The molecular weight excluding hydrogens is 276 g/mol. The second-order valence-corrected chi connectivity index (χ2v) is 5.70. The molecule has 3 nitrogen and oxygen atoms in total. The molecule has 0 atom stereocenters. The molecule has 1 aromatic rings. The fraction of sp³-hybridized carbons (Fsp3) is 0.632. The highest BCUT2D eigenvalue weighted by molar-refractivity contribution is 5.77. The quantitative estimate of drug-likeness (QED) is 0.393. The molecule has 0 heterocycles. The molecule has 1 aromatic carbocycles. The third-order valence-electron chi connectivity index (χ3n) is 3.77. The van der Waals surface area contributed by atoms with E-state index in [0.717, 1.165) is 36.9 Å². The van der Waals surface area contributed by atoms with Gasteiger partial charge in [0.15, 0.2) is 11.5 Å². The van der Waals surface area contributed by atoms with Crippen LogP contribution in [-0.4, -0.2) is 20.0 Å². The van der Waals surface area contributed by atoms with Gasteiger partial charge in [-0.25, -0.2) is 0 Å². The summed E-state index contributed by atoms with van der Waals surface area (Å²) in [5, 5.41) is 0. The van der Waals surface area contributed by atoms with E-state index in [0.29, 0.717) is 17.9 Å². The van der Waals surface area contributed by atoms with E-state index in [2.05, 4.69) is 13.8 Å². The zero-order chi connectivity index (χ0) is 16.2. The Bertz CT molecular complexity index is 441. The van der Waals surface area contributed by atoms with Gasteiger partial charge in [-0.05, 0) is 30.5 Å². The Morgan fingerprint density at radius 1 is 1.00 bits per heavy atom. The van der Waals surface area contributed by atoms with Gasteiger partial charge in [0.25, 0.3) is 0 Å². The summed E-state index contributed by atoms with van der Waals surface area (Å²) in [6.45, 7) is 5.06. The summed E-state index contributed by atoms with van der Waals surface area (Å²) in [6, 6.07) is 3.67. The third kappa shape index (κ3) is 6.08. The van der Waals surface area contributed by atoms with E-state index in [9.17, 15) is 4.79 Å². The lowest BCUT2D eigenvalue weighted by molar-refractivity contribution is 0.112. The summed E-state index contributed by atoms with van der Waals surface area (Å²) in [7, 11) is 1.62. The molecule has 0 bridgehead atoms. The van der Waals surface area contributed by atoms with Gasteiger partial charge < -0.3 is 9.47 Å². The van der Waals surface area contributed by atoms with Gasteiger partial charge in [0.1, 0.15) is 6.29 Å².